The van der Waals surface area contributed by atoms with E-state index in [4.69, 9.17) is 4.84 Å². The molecule has 0 radical (unpaired) electrons. The van der Waals surface area contributed by atoms with Gasteiger partial charge in [-0.1, -0.05) is 12.1 Å². The van der Waals surface area contributed by atoms with Crippen molar-refractivity contribution in [3.05, 3.63) is 35.4 Å². The van der Waals surface area contributed by atoms with Crippen LogP contribution in [-0.2, 0) is 11.4 Å². The molecule has 1 aromatic carbocycles. The summed E-state index contributed by atoms with van der Waals surface area (Å²) in [7, 11) is 4.05. The van der Waals surface area contributed by atoms with E-state index in [0.29, 0.717) is 18.7 Å². The largest absolute Gasteiger partial charge is 0.305 e. The van der Waals surface area contributed by atoms with Gasteiger partial charge in [0.1, 0.15) is 0 Å². The third-order valence-corrected chi connectivity index (χ3v) is 2.68. The number of hydroxylamine groups is 2. The van der Waals surface area contributed by atoms with Crippen LogP contribution in [-0.4, -0.2) is 43.1 Å². The second-order valence-corrected chi connectivity index (χ2v) is 4.53. The van der Waals surface area contributed by atoms with Gasteiger partial charge in [-0.05, 0) is 38.2 Å². The highest BCUT2D eigenvalue weighted by Crippen LogP contribution is 2.12. The summed E-state index contributed by atoms with van der Waals surface area (Å²) < 4.78 is 0. The fourth-order valence-corrected chi connectivity index (χ4v) is 1.87. The maximum Gasteiger partial charge on any atom is 0.277 e. The molecule has 4 heteroatoms. The number of amides is 1. The maximum absolute atomic E-state index is 12.0. The van der Waals surface area contributed by atoms with Crippen LogP contribution < -0.4 is 0 Å². The lowest BCUT2D eigenvalue weighted by atomic mass is 10.1. The van der Waals surface area contributed by atoms with Crippen LogP contribution in [0.5, 0.6) is 0 Å². The molecule has 0 spiro atoms. The molecule has 17 heavy (non-hydrogen) atoms. The van der Waals surface area contributed by atoms with E-state index in [2.05, 4.69) is 4.90 Å². The molecule has 0 saturated carbocycles. The average Bonchev–Trinajstić information content (AvgIpc) is 2.82. The summed E-state index contributed by atoms with van der Waals surface area (Å²) >= 11 is 0. The number of carbonyl (C=O) groups is 1. The number of hydrogen-bond acceptors (Lipinski definition) is 3. The van der Waals surface area contributed by atoms with Crippen molar-refractivity contribution >= 4 is 5.91 Å². The van der Waals surface area contributed by atoms with E-state index < -0.39 is 0 Å². The van der Waals surface area contributed by atoms with Crippen molar-refractivity contribution in [2.75, 3.05) is 27.2 Å². The minimum atomic E-state index is -0.0427. The molecule has 0 atom stereocenters. The Bertz CT molecular complexity index is 381. The van der Waals surface area contributed by atoms with Crippen LogP contribution in [0, 0.1) is 0 Å². The minimum absolute atomic E-state index is 0.0427. The van der Waals surface area contributed by atoms with Gasteiger partial charge in [-0.25, -0.2) is 5.06 Å². The van der Waals surface area contributed by atoms with Crippen molar-refractivity contribution in [2.24, 2.45) is 0 Å². The van der Waals surface area contributed by atoms with E-state index in [1.165, 1.54) is 10.6 Å². The van der Waals surface area contributed by atoms with Crippen LogP contribution >= 0.6 is 0 Å². The van der Waals surface area contributed by atoms with Crippen LogP contribution in [0.1, 0.15) is 22.3 Å². The van der Waals surface area contributed by atoms with Crippen molar-refractivity contribution in [1.82, 2.24) is 9.96 Å². The third-order valence-electron chi connectivity index (χ3n) is 2.68. The lowest BCUT2D eigenvalue weighted by molar-refractivity contribution is -0.0768. The topological polar surface area (TPSA) is 32.8 Å². The first-order chi connectivity index (χ1) is 8.16. The Morgan fingerprint density at radius 2 is 2.06 bits per heavy atom. The molecule has 92 valence electrons. The van der Waals surface area contributed by atoms with E-state index in [-0.39, 0.29) is 5.91 Å². The van der Waals surface area contributed by atoms with Gasteiger partial charge < -0.3 is 4.90 Å². The van der Waals surface area contributed by atoms with E-state index >= 15 is 0 Å². The lowest BCUT2D eigenvalue weighted by Gasteiger charge is -2.14. The van der Waals surface area contributed by atoms with Gasteiger partial charge in [-0.3, -0.25) is 9.63 Å². The fraction of sp³-hybridized carbons (Fsp3) is 0.462. The molecule has 1 heterocycles. The molecule has 0 aliphatic carbocycles. The standard InChI is InChI=1S/C13H18N2O2/c1-14(2)10-11-4-6-12(7-5-11)13(16)15-8-3-9-17-15/h4-7H,3,8-10H2,1-2H3. The monoisotopic (exact) mass is 234 g/mol. The van der Waals surface area contributed by atoms with Crippen LogP contribution in [0.4, 0.5) is 0 Å². The molecular formula is C13H18N2O2. The number of hydrogen-bond donors (Lipinski definition) is 0. The molecule has 1 aliphatic heterocycles. The molecule has 0 aromatic heterocycles. The van der Waals surface area contributed by atoms with E-state index in [9.17, 15) is 4.79 Å². The van der Waals surface area contributed by atoms with Gasteiger partial charge in [0.05, 0.1) is 13.2 Å². The zero-order valence-corrected chi connectivity index (χ0v) is 10.3. The summed E-state index contributed by atoms with van der Waals surface area (Å²) in [5.74, 6) is -0.0427. The molecule has 1 fully saturated rings. The summed E-state index contributed by atoms with van der Waals surface area (Å²) in [4.78, 5) is 19.3. The predicted molar refractivity (Wildman–Crippen MR) is 65.4 cm³/mol. The molecule has 0 N–H and O–H groups in total. The maximum atomic E-state index is 12.0. The Balaban J connectivity index is 2.04. The smallest absolute Gasteiger partial charge is 0.277 e. The minimum Gasteiger partial charge on any atom is -0.305 e. The third kappa shape index (κ3) is 3.05. The Morgan fingerprint density at radius 1 is 1.35 bits per heavy atom. The summed E-state index contributed by atoms with van der Waals surface area (Å²) in [6.45, 7) is 2.22. The Morgan fingerprint density at radius 3 is 2.59 bits per heavy atom. The molecule has 4 nitrogen and oxygen atoms in total. The zero-order valence-electron chi connectivity index (χ0n) is 10.3. The van der Waals surface area contributed by atoms with Crippen molar-refractivity contribution in [3.63, 3.8) is 0 Å². The second kappa shape index (κ2) is 5.29. The molecular weight excluding hydrogens is 216 g/mol. The molecule has 2 rings (SSSR count). The number of carbonyl (C=O) groups excluding carboxylic acids is 1. The van der Waals surface area contributed by atoms with Crippen molar-refractivity contribution in [3.8, 4) is 0 Å². The second-order valence-electron chi connectivity index (χ2n) is 4.53. The molecule has 1 aromatic rings. The number of nitrogens with zero attached hydrogens (tertiary/aromatic N) is 2. The van der Waals surface area contributed by atoms with Gasteiger partial charge in [0.25, 0.3) is 5.91 Å². The van der Waals surface area contributed by atoms with Gasteiger partial charge in [0.15, 0.2) is 0 Å². The average molecular weight is 234 g/mol. The van der Waals surface area contributed by atoms with Gasteiger partial charge in [0.2, 0.25) is 0 Å². The first kappa shape index (κ1) is 12.1. The zero-order chi connectivity index (χ0) is 12.3. The Hall–Kier alpha value is -1.39. The van der Waals surface area contributed by atoms with E-state index in [1.807, 2.05) is 38.4 Å². The number of benzene rings is 1. The fourth-order valence-electron chi connectivity index (χ4n) is 1.87. The normalized spacial score (nSPS) is 15.6. The quantitative estimate of drug-likeness (QED) is 0.795. The highest BCUT2D eigenvalue weighted by molar-refractivity contribution is 5.93. The molecule has 0 bridgehead atoms. The number of rotatable bonds is 3. The van der Waals surface area contributed by atoms with Crippen molar-refractivity contribution < 1.29 is 9.63 Å². The predicted octanol–water partition coefficient (Wildman–Crippen LogP) is 1.53. The summed E-state index contributed by atoms with van der Waals surface area (Å²) in [6, 6.07) is 7.71. The van der Waals surface area contributed by atoms with Crippen LogP contribution in [0.25, 0.3) is 0 Å². The highest BCUT2D eigenvalue weighted by atomic mass is 16.7. The van der Waals surface area contributed by atoms with E-state index in [1.54, 1.807) is 0 Å². The summed E-state index contributed by atoms with van der Waals surface area (Å²) in [6.07, 6.45) is 0.921. The van der Waals surface area contributed by atoms with Crippen molar-refractivity contribution in [1.29, 1.82) is 0 Å². The van der Waals surface area contributed by atoms with Crippen LogP contribution in [0.3, 0.4) is 0 Å². The van der Waals surface area contributed by atoms with Gasteiger partial charge in [-0.2, -0.15) is 0 Å². The Kier molecular flexibility index (Phi) is 3.76. The molecule has 1 amide bonds. The van der Waals surface area contributed by atoms with E-state index in [0.717, 1.165) is 13.0 Å². The van der Waals surface area contributed by atoms with Gasteiger partial charge in [0, 0.05) is 12.1 Å². The molecule has 1 saturated heterocycles. The van der Waals surface area contributed by atoms with Crippen LogP contribution in [0.2, 0.25) is 0 Å². The lowest BCUT2D eigenvalue weighted by Crippen LogP contribution is -2.26. The molecule has 0 unspecified atom stereocenters. The summed E-state index contributed by atoms with van der Waals surface area (Å²) in [5.41, 5.74) is 1.89. The highest BCUT2D eigenvalue weighted by Gasteiger charge is 2.20. The first-order valence-corrected chi connectivity index (χ1v) is 5.85. The molecule has 1 aliphatic rings. The Labute approximate surface area is 102 Å². The van der Waals surface area contributed by atoms with Gasteiger partial charge >= 0.3 is 0 Å². The van der Waals surface area contributed by atoms with Crippen molar-refractivity contribution in [2.45, 2.75) is 13.0 Å². The van der Waals surface area contributed by atoms with Gasteiger partial charge in [-0.15, -0.1) is 0 Å². The summed E-state index contributed by atoms with van der Waals surface area (Å²) in [5, 5.41) is 1.45. The SMILES string of the molecule is CN(C)Cc1ccc(C(=O)N2CCCO2)cc1. The van der Waals surface area contributed by atoms with Crippen LogP contribution in [0.15, 0.2) is 24.3 Å². The first-order valence-electron chi connectivity index (χ1n) is 5.85.